The van der Waals surface area contributed by atoms with Crippen LogP contribution in [0.15, 0.2) is 6.07 Å². The first-order chi connectivity index (χ1) is 9.59. The minimum atomic E-state index is 0.224. The third-order valence-electron chi connectivity index (χ3n) is 5.90. The summed E-state index contributed by atoms with van der Waals surface area (Å²) < 4.78 is 0. The van der Waals surface area contributed by atoms with Crippen molar-refractivity contribution in [2.75, 3.05) is 5.73 Å². The van der Waals surface area contributed by atoms with Gasteiger partial charge >= 0.3 is 0 Å². The number of nitrogens with zero attached hydrogens (tertiary/aromatic N) is 2. The van der Waals surface area contributed by atoms with Gasteiger partial charge in [0.25, 0.3) is 0 Å². The van der Waals surface area contributed by atoms with Crippen molar-refractivity contribution in [1.29, 1.82) is 5.26 Å². The van der Waals surface area contributed by atoms with Crippen LogP contribution in [-0.4, -0.2) is 4.98 Å². The van der Waals surface area contributed by atoms with Crippen LogP contribution in [0.2, 0.25) is 0 Å². The van der Waals surface area contributed by atoms with Crippen molar-refractivity contribution >= 4 is 5.82 Å². The zero-order chi connectivity index (χ0) is 13.9. The summed E-state index contributed by atoms with van der Waals surface area (Å²) in [6, 6.07) is 4.47. The van der Waals surface area contributed by atoms with E-state index in [2.05, 4.69) is 17.1 Å². The van der Waals surface area contributed by atoms with Gasteiger partial charge in [0, 0.05) is 5.69 Å². The van der Waals surface area contributed by atoms with E-state index in [-0.39, 0.29) is 5.41 Å². The van der Waals surface area contributed by atoms with Gasteiger partial charge in [0.1, 0.15) is 11.9 Å². The van der Waals surface area contributed by atoms with E-state index in [9.17, 15) is 5.26 Å². The van der Waals surface area contributed by atoms with Crippen LogP contribution in [0.1, 0.15) is 55.3 Å². The summed E-state index contributed by atoms with van der Waals surface area (Å²) in [5, 5.41) is 9.52. The summed E-state index contributed by atoms with van der Waals surface area (Å²) in [5.41, 5.74) is 9.06. The average Bonchev–Trinajstić information content (AvgIpc) is 2.36. The lowest BCUT2D eigenvalue weighted by molar-refractivity contribution is -0.00534. The predicted octanol–water partition coefficient (Wildman–Crippen LogP) is 3.31. The van der Waals surface area contributed by atoms with Crippen molar-refractivity contribution in [1.82, 2.24) is 4.98 Å². The van der Waals surface area contributed by atoms with Gasteiger partial charge in [-0.25, -0.2) is 4.98 Å². The van der Waals surface area contributed by atoms with Crippen molar-refractivity contribution in [2.45, 2.75) is 50.9 Å². The van der Waals surface area contributed by atoms with Crippen LogP contribution in [0, 0.1) is 36.0 Å². The summed E-state index contributed by atoms with van der Waals surface area (Å²) in [4.78, 5) is 4.29. The smallest absolute Gasteiger partial charge is 0.141 e. The second kappa shape index (κ2) is 3.97. The van der Waals surface area contributed by atoms with E-state index < -0.39 is 0 Å². The molecule has 0 radical (unpaired) electrons. The Hall–Kier alpha value is -1.56. The summed E-state index contributed by atoms with van der Waals surface area (Å²) >= 11 is 0. The van der Waals surface area contributed by atoms with Crippen molar-refractivity contribution in [3.05, 3.63) is 22.9 Å². The summed E-state index contributed by atoms with van der Waals surface area (Å²) in [7, 11) is 0. The number of rotatable bonds is 1. The molecule has 4 fully saturated rings. The lowest BCUT2D eigenvalue weighted by atomic mass is 9.47. The Morgan fingerprint density at radius 2 is 1.75 bits per heavy atom. The van der Waals surface area contributed by atoms with Crippen LogP contribution in [-0.2, 0) is 5.41 Å². The Morgan fingerprint density at radius 1 is 1.20 bits per heavy atom. The van der Waals surface area contributed by atoms with Crippen LogP contribution in [0.5, 0.6) is 0 Å². The number of aromatic nitrogens is 1. The molecule has 3 nitrogen and oxygen atoms in total. The predicted molar refractivity (Wildman–Crippen MR) is 78.0 cm³/mol. The van der Waals surface area contributed by atoms with Crippen LogP contribution in [0.3, 0.4) is 0 Å². The van der Waals surface area contributed by atoms with Crippen molar-refractivity contribution in [2.24, 2.45) is 17.8 Å². The molecule has 4 bridgehead atoms. The third kappa shape index (κ3) is 1.60. The monoisotopic (exact) mass is 267 g/mol. The molecule has 1 aromatic heterocycles. The molecule has 2 N–H and O–H groups in total. The SMILES string of the molecule is Cc1cc(C23CC4CC(CC(C4)C2)C3)c(C#N)c(N)n1. The molecule has 0 aromatic carbocycles. The Bertz CT molecular complexity index is 576. The van der Waals surface area contributed by atoms with E-state index in [4.69, 9.17) is 5.73 Å². The minimum Gasteiger partial charge on any atom is -0.383 e. The standard InChI is InChI=1S/C17H21N3/c1-10-2-15(14(9-18)16(19)20-10)17-6-11-3-12(7-17)5-13(4-11)8-17/h2,11-13H,3-8H2,1H3,(H2,19,20). The van der Waals surface area contributed by atoms with E-state index in [1.54, 1.807) is 0 Å². The molecule has 104 valence electrons. The van der Waals surface area contributed by atoms with Gasteiger partial charge in [0.05, 0.1) is 5.56 Å². The fraction of sp³-hybridized carbons (Fsp3) is 0.647. The summed E-state index contributed by atoms with van der Waals surface area (Å²) in [5.74, 6) is 3.06. The second-order valence-corrected chi connectivity index (χ2v) is 7.38. The Morgan fingerprint density at radius 3 is 2.25 bits per heavy atom. The first-order valence-electron chi connectivity index (χ1n) is 7.77. The number of aryl methyl sites for hydroxylation is 1. The maximum atomic E-state index is 9.52. The molecule has 4 aliphatic carbocycles. The fourth-order valence-corrected chi connectivity index (χ4v) is 5.67. The van der Waals surface area contributed by atoms with Gasteiger partial charge in [0.2, 0.25) is 0 Å². The van der Waals surface area contributed by atoms with Crippen molar-refractivity contribution < 1.29 is 0 Å². The molecule has 4 saturated carbocycles. The lowest BCUT2D eigenvalue weighted by Gasteiger charge is -2.57. The van der Waals surface area contributed by atoms with Gasteiger partial charge in [-0.1, -0.05) is 0 Å². The zero-order valence-electron chi connectivity index (χ0n) is 12.0. The third-order valence-corrected chi connectivity index (χ3v) is 5.90. The molecule has 3 heteroatoms. The average molecular weight is 267 g/mol. The fourth-order valence-electron chi connectivity index (χ4n) is 5.67. The maximum absolute atomic E-state index is 9.52. The van der Waals surface area contributed by atoms with Crippen LogP contribution >= 0.6 is 0 Å². The largest absolute Gasteiger partial charge is 0.383 e. The van der Waals surface area contributed by atoms with E-state index in [0.29, 0.717) is 11.4 Å². The van der Waals surface area contributed by atoms with E-state index in [1.165, 1.54) is 44.1 Å². The highest BCUT2D eigenvalue weighted by molar-refractivity contribution is 5.56. The van der Waals surface area contributed by atoms with Gasteiger partial charge in [-0.2, -0.15) is 5.26 Å². The highest BCUT2D eigenvalue weighted by Crippen LogP contribution is 2.61. The molecule has 1 aromatic rings. The molecular weight excluding hydrogens is 246 g/mol. The summed E-state index contributed by atoms with van der Waals surface area (Å²) in [6.45, 7) is 1.99. The van der Waals surface area contributed by atoms with Gasteiger partial charge in [-0.15, -0.1) is 0 Å². The van der Waals surface area contributed by atoms with Gasteiger partial charge in [-0.05, 0) is 80.2 Å². The number of hydrogen-bond donors (Lipinski definition) is 1. The van der Waals surface area contributed by atoms with Crippen LogP contribution < -0.4 is 5.73 Å². The highest BCUT2D eigenvalue weighted by Gasteiger charge is 2.52. The van der Waals surface area contributed by atoms with E-state index in [1.807, 2.05) is 6.92 Å². The second-order valence-electron chi connectivity index (χ2n) is 7.38. The molecule has 0 amide bonds. The summed E-state index contributed by atoms with van der Waals surface area (Å²) in [6.07, 6.45) is 8.03. The Balaban J connectivity index is 1.87. The number of anilines is 1. The zero-order valence-corrected chi connectivity index (χ0v) is 12.0. The first kappa shape index (κ1) is 12.2. The topological polar surface area (TPSA) is 62.7 Å². The molecule has 0 unspecified atom stereocenters. The highest BCUT2D eigenvalue weighted by atomic mass is 14.8. The number of nitrogens with two attached hydrogens (primary N) is 1. The van der Waals surface area contributed by atoms with Crippen molar-refractivity contribution in [3.63, 3.8) is 0 Å². The number of hydrogen-bond acceptors (Lipinski definition) is 3. The van der Waals surface area contributed by atoms with Crippen LogP contribution in [0.25, 0.3) is 0 Å². The van der Waals surface area contributed by atoms with Crippen LogP contribution in [0.4, 0.5) is 5.82 Å². The quantitative estimate of drug-likeness (QED) is 0.849. The Labute approximate surface area is 120 Å². The number of nitrogen functional groups attached to an aromatic ring is 1. The maximum Gasteiger partial charge on any atom is 0.141 e. The van der Waals surface area contributed by atoms with Gasteiger partial charge in [0.15, 0.2) is 0 Å². The number of pyridine rings is 1. The number of nitriles is 1. The molecule has 0 spiro atoms. The molecule has 4 aliphatic rings. The molecule has 0 saturated heterocycles. The van der Waals surface area contributed by atoms with E-state index >= 15 is 0 Å². The normalized spacial score (nSPS) is 37.9. The first-order valence-corrected chi connectivity index (χ1v) is 7.77. The minimum absolute atomic E-state index is 0.224. The molecule has 20 heavy (non-hydrogen) atoms. The molecule has 1 heterocycles. The lowest BCUT2D eigenvalue weighted by Crippen LogP contribution is -2.49. The molecular formula is C17H21N3. The van der Waals surface area contributed by atoms with Gasteiger partial charge < -0.3 is 5.73 Å². The Kier molecular flexibility index (Phi) is 2.42. The molecule has 0 atom stereocenters. The van der Waals surface area contributed by atoms with Gasteiger partial charge in [-0.3, -0.25) is 0 Å². The van der Waals surface area contributed by atoms with E-state index in [0.717, 1.165) is 23.4 Å². The van der Waals surface area contributed by atoms with Crippen molar-refractivity contribution in [3.8, 4) is 6.07 Å². The molecule has 0 aliphatic heterocycles. The molecule has 5 rings (SSSR count).